The lowest BCUT2D eigenvalue weighted by Gasteiger charge is -2.28. The molecule has 8 heteroatoms. The number of para-hydroxylation sites is 1. The van der Waals surface area contributed by atoms with Crippen LogP contribution < -0.4 is 14.8 Å². The second-order valence-corrected chi connectivity index (χ2v) is 6.96. The summed E-state index contributed by atoms with van der Waals surface area (Å²) in [6.45, 7) is 3.90. The summed E-state index contributed by atoms with van der Waals surface area (Å²) >= 11 is 0. The second-order valence-electron chi connectivity index (χ2n) is 6.96. The molecule has 0 saturated heterocycles. The highest BCUT2D eigenvalue weighted by atomic mass is 16.5. The van der Waals surface area contributed by atoms with Gasteiger partial charge in [0, 0.05) is 5.70 Å². The topological polar surface area (TPSA) is 87.5 Å². The number of benzene rings is 2. The Bertz CT molecular complexity index is 1130. The first-order chi connectivity index (χ1) is 15.1. The van der Waals surface area contributed by atoms with E-state index in [-0.39, 0.29) is 6.61 Å². The van der Waals surface area contributed by atoms with Gasteiger partial charge in [-0.3, -0.25) is 0 Å². The fourth-order valence-electron chi connectivity index (χ4n) is 3.66. The molecule has 2 aromatic carbocycles. The molecule has 4 rings (SSSR count). The molecule has 1 atom stereocenters. The quantitative estimate of drug-likeness (QED) is 0.607. The van der Waals surface area contributed by atoms with Crippen LogP contribution >= 0.6 is 0 Å². The highest BCUT2D eigenvalue weighted by Gasteiger charge is 2.35. The number of ether oxygens (including phenoxy) is 3. The van der Waals surface area contributed by atoms with Crippen molar-refractivity contribution in [1.29, 1.82) is 0 Å². The minimum atomic E-state index is -0.503. The first kappa shape index (κ1) is 20.5. The number of allylic oxidation sites excluding steroid dienone is 1. The number of fused-ring (bicyclic) bond motifs is 1. The molecule has 0 saturated carbocycles. The van der Waals surface area contributed by atoms with Crippen LogP contribution in [-0.2, 0) is 9.53 Å². The van der Waals surface area contributed by atoms with E-state index < -0.39 is 12.0 Å². The molecule has 0 spiro atoms. The summed E-state index contributed by atoms with van der Waals surface area (Å²) in [6, 6.07) is 14.6. The standard InChI is InChI=1S/C23H24N4O4/c1-5-31-22(28)19-14(2)24-23-25-21(17-8-6-7-9-18(17)30-4)26-27(23)20(19)15-10-12-16(29-3)13-11-15/h6-13,20H,5H2,1-4H3,(H,24,25,26). The van der Waals surface area contributed by atoms with Crippen LogP contribution in [0.2, 0.25) is 0 Å². The van der Waals surface area contributed by atoms with Crippen molar-refractivity contribution in [2.75, 3.05) is 26.1 Å². The normalized spacial score (nSPS) is 15.2. The van der Waals surface area contributed by atoms with Crippen molar-refractivity contribution < 1.29 is 19.0 Å². The largest absolute Gasteiger partial charge is 0.497 e. The molecule has 1 aromatic heterocycles. The van der Waals surface area contributed by atoms with Gasteiger partial charge in [0.15, 0.2) is 5.82 Å². The van der Waals surface area contributed by atoms with E-state index in [1.165, 1.54) is 0 Å². The van der Waals surface area contributed by atoms with Crippen molar-refractivity contribution in [1.82, 2.24) is 14.8 Å². The Balaban J connectivity index is 1.86. The fourth-order valence-corrected chi connectivity index (χ4v) is 3.66. The van der Waals surface area contributed by atoms with Crippen molar-refractivity contribution in [3.8, 4) is 22.9 Å². The number of hydrogen-bond acceptors (Lipinski definition) is 7. The zero-order chi connectivity index (χ0) is 22.0. The Kier molecular flexibility index (Phi) is 5.62. The molecular weight excluding hydrogens is 396 g/mol. The second kappa shape index (κ2) is 8.51. The van der Waals surface area contributed by atoms with Gasteiger partial charge in [0.25, 0.3) is 0 Å². The molecule has 160 valence electrons. The Morgan fingerprint density at radius 2 is 1.84 bits per heavy atom. The van der Waals surface area contributed by atoms with Gasteiger partial charge >= 0.3 is 5.97 Å². The summed E-state index contributed by atoms with van der Waals surface area (Å²) < 4.78 is 17.8. The average Bonchev–Trinajstić information content (AvgIpc) is 3.21. The zero-order valence-electron chi connectivity index (χ0n) is 17.9. The van der Waals surface area contributed by atoms with Crippen LogP contribution in [0.3, 0.4) is 0 Å². The zero-order valence-corrected chi connectivity index (χ0v) is 17.9. The van der Waals surface area contributed by atoms with Crippen molar-refractivity contribution in [3.63, 3.8) is 0 Å². The third kappa shape index (κ3) is 3.72. The average molecular weight is 420 g/mol. The van der Waals surface area contributed by atoms with Gasteiger partial charge in [-0.2, -0.15) is 4.98 Å². The van der Waals surface area contributed by atoms with Crippen molar-refractivity contribution in [2.24, 2.45) is 0 Å². The van der Waals surface area contributed by atoms with Crippen LogP contribution in [0.5, 0.6) is 11.5 Å². The van der Waals surface area contributed by atoms with E-state index in [1.807, 2.05) is 55.5 Å². The van der Waals surface area contributed by atoms with Crippen LogP contribution in [0, 0.1) is 0 Å². The first-order valence-corrected chi connectivity index (χ1v) is 9.96. The molecule has 1 unspecified atom stereocenters. The highest BCUT2D eigenvalue weighted by molar-refractivity contribution is 5.92. The predicted molar refractivity (Wildman–Crippen MR) is 116 cm³/mol. The maximum atomic E-state index is 12.9. The molecule has 3 aromatic rings. The Morgan fingerprint density at radius 1 is 1.10 bits per heavy atom. The van der Waals surface area contributed by atoms with E-state index in [4.69, 9.17) is 19.3 Å². The van der Waals surface area contributed by atoms with E-state index in [0.29, 0.717) is 28.8 Å². The minimum absolute atomic E-state index is 0.279. The third-order valence-corrected chi connectivity index (χ3v) is 5.13. The van der Waals surface area contributed by atoms with E-state index in [2.05, 4.69) is 10.3 Å². The molecule has 1 aliphatic rings. The number of aromatic nitrogens is 3. The van der Waals surface area contributed by atoms with Gasteiger partial charge in [0.1, 0.15) is 17.5 Å². The van der Waals surface area contributed by atoms with Crippen LogP contribution in [0.1, 0.15) is 25.5 Å². The third-order valence-electron chi connectivity index (χ3n) is 5.13. The van der Waals surface area contributed by atoms with Crippen molar-refractivity contribution in [2.45, 2.75) is 19.9 Å². The lowest BCUT2D eigenvalue weighted by Crippen LogP contribution is -2.29. The monoisotopic (exact) mass is 420 g/mol. The maximum Gasteiger partial charge on any atom is 0.338 e. The SMILES string of the molecule is CCOC(=O)C1=C(C)Nc2nc(-c3ccccc3OC)nn2C1c1ccc(OC)cc1. The number of nitrogens with zero attached hydrogens (tertiary/aromatic N) is 3. The molecule has 31 heavy (non-hydrogen) atoms. The first-order valence-electron chi connectivity index (χ1n) is 9.96. The Hall–Kier alpha value is -3.81. The van der Waals surface area contributed by atoms with Gasteiger partial charge in [0.2, 0.25) is 5.95 Å². The summed E-state index contributed by atoms with van der Waals surface area (Å²) in [6.07, 6.45) is 0. The lowest BCUT2D eigenvalue weighted by atomic mass is 9.96. The molecule has 0 aliphatic carbocycles. The number of esters is 1. The van der Waals surface area contributed by atoms with Crippen molar-refractivity contribution in [3.05, 3.63) is 65.4 Å². The lowest BCUT2D eigenvalue weighted by molar-refractivity contribution is -0.139. The van der Waals surface area contributed by atoms with Crippen molar-refractivity contribution >= 4 is 11.9 Å². The summed E-state index contributed by atoms with van der Waals surface area (Å²) in [5, 5.41) is 7.95. The smallest absolute Gasteiger partial charge is 0.338 e. The number of anilines is 1. The van der Waals surface area contributed by atoms with Crippen LogP contribution in [-0.4, -0.2) is 41.6 Å². The maximum absolute atomic E-state index is 12.9. The van der Waals surface area contributed by atoms with E-state index >= 15 is 0 Å². The molecule has 0 bridgehead atoms. The van der Waals surface area contributed by atoms with Crippen LogP contribution in [0.25, 0.3) is 11.4 Å². The minimum Gasteiger partial charge on any atom is -0.497 e. The fraction of sp³-hybridized carbons (Fsp3) is 0.261. The highest BCUT2D eigenvalue weighted by Crippen LogP contribution is 2.38. The summed E-state index contributed by atoms with van der Waals surface area (Å²) in [5.41, 5.74) is 2.78. The summed E-state index contributed by atoms with van der Waals surface area (Å²) in [4.78, 5) is 17.6. The molecule has 0 radical (unpaired) electrons. The van der Waals surface area contributed by atoms with Crippen LogP contribution in [0.4, 0.5) is 5.95 Å². The number of nitrogens with one attached hydrogen (secondary N) is 1. The van der Waals surface area contributed by atoms with E-state index in [0.717, 1.165) is 16.9 Å². The van der Waals surface area contributed by atoms with Gasteiger partial charge in [-0.15, -0.1) is 5.10 Å². The summed E-state index contributed by atoms with van der Waals surface area (Å²) in [7, 11) is 3.22. The molecule has 0 amide bonds. The molecule has 1 aliphatic heterocycles. The number of hydrogen-bond donors (Lipinski definition) is 1. The molecule has 8 nitrogen and oxygen atoms in total. The van der Waals surface area contributed by atoms with Gasteiger partial charge in [-0.05, 0) is 43.7 Å². The van der Waals surface area contributed by atoms with E-state index in [9.17, 15) is 4.79 Å². The Labute approximate surface area is 180 Å². The number of methoxy groups -OCH3 is 2. The predicted octanol–water partition coefficient (Wildman–Crippen LogP) is 3.81. The van der Waals surface area contributed by atoms with Gasteiger partial charge in [-0.1, -0.05) is 24.3 Å². The molecule has 2 heterocycles. The summed E-state index contributed by atoms with van der Waals surface area (Å²) in [5.74, 6) is 2.03. The molecule has 1 N–H and O–H groups in total. The van der Waals surface area contributed by atoms with Gasteiger partial charge in [0.05, 0.1) is 32.0 Å². The van der Waals surface area contributed by atoms with Crippen LogP contribution in [0.15, 0.2) is 59.8 Å². The van der Waals surface area contributed by atoms with Gasteiger partial charge < -0.3 is 19.5 Å². The molecule has 0 fully saturated rings. The number of carbonyl (C=O) groups is 1. The van der Waals surface area contributed by atoms with Gasteiger partial charge in [-0.25, -0.2) is 9.48 Å². The number of rotatable bonds is 6. The number of carbonyl (C=O) groups excluding carboxylic acids is 1. The molecular formula is C23H24N4O4. The Morgan fingerprint density at radius 3 is 2.52 bits per heavy atom. The van der Waals surface area contributed by atoms with E-state index in [1.54, 1.807) is 25.8 Å².